The molecule has 7 heteroatoms. The first kappa shape index (κ1) is 14.0. The van der Waals surface area contributed by atoms with E-state index in [-0.39, 0.29) is 6.54 Å². The van der Waals surface area contributed by atoms with Gasteiger partial charge in [0, 0.05) is 17.3 Å². The molecule has 0 N–H and O–H groups in total. The van der Waals surface area contributed by atoms with E-state index >= 15 is 0 Å². The maximum Gasteiger partial charge on any atom is 0.405 e. The van der Waals surface area contributed by atoms with Crippen LogP contribution < -0.4 is 4.90 Å². The van der Waals surface area contributed by atoms with Gasteiger partial charge >= 0.3 is 6.18 Å². The van der Waals surface area contributed by atoms with Crippen molar-refractivity contribution in [1.82, 2.24) is 9.97 Å². The summed E-state index contributed by atoms with van der Waals surface area (Å²) in [6.45, 7) is -0.805. The van der Waals surface area contributed by atoms with Gasteiger partial charge in [-0.2, -0.15) is 13.2 Å². The highest BCUT2D eigenvalue weighted by atomic mass is 79.9. The van der Waals surface area contributed by atoms with Crippen LogP contribution in [0, 0.1) is 0 Å². The second-order valence-electron chi connectivity index (χ2n) is 3.94. The van der Waals surface area contributed by atoms with Crippen molar-refractivity contribution < 1.29 is 13.2 Å². The van der Waals surface area contributed by atoms with E-state index in [1.54, 1.807) is 24.3 Å². The van der Waals surface area contributed by atoms with Gasteiger partial charge in [0.05, 0.1) is 5.52 Å². The Labute approximate surface area is 116 Å². The first-order valence-electron chi connectivity index (χ1n) is 5.58. The topological polar surface area (TPSA) is 29.0 Å². The lowest BCUT2D eigenvalue weighted by Crippen LogP contribution is -2.36. The fraction of sp³-hybridized carbons (Fsp3) is 0.333. The first-order chi connectivity index (χ1) is 9.01. The molecule has 1 aromatic carbocycles. The Morgan fingerprint density at radius 1 is 1.16 bits per heavy atom. The summed E-state index contributed by atoms with van der Waals surface area (Å²) in [5, 5.41) is 1.05. The number of halogens is 4. The summed E-state index contributed by atoms with van der Waals surface area (Å²) < 4.78 is 37.8. The van der Waals surface area contributed by atoms with Crippen LogP contribution in [0.5, 0.6) is 0 Å². The molecule has 0 aliphatic carbocycles. The molecule has 0 amide bonds. The van der Waals surface area contributed by atoms with E-state index in [4.69, 9.17) is 0 Å². The van der Waals surface area contributed by atoms with Gasteiger partial charge in [-0.25, -0.2) is 9.97 Å². The van der Waals surface area contributed by atoms with E-state index < -0.39 is 12.7 Å². The van der Waals surface area contributed by atoms with Crippen molar-refractivity contribution in [3.63, 3.8) is 0 Å². The lowest BCUT2D eigenvalue weighted by Gasteiger charge is -2.24. The first-order valence-corrected chi connectivity index (χ1v) is 6.71. The summed E-state index contributed by atoms with van der Waals surface area (Å²) in [4.78, 5) is 9.26. The van der Waals surface area contributed by atoms with Crippen molar-refractivity contribution in [1.29, 1.82) is 0 Å². The van der Waals surface area contributed by atoms with Gasteiger partial charge in [-0.1, -0.05) is 28.1 Å². The second kappa shape index (κ2) is 5.73. The van der Waals surface area contributed by atoms with E-state index in [1.165, 1.54) is 11.2 Å². The number of fused-ring (bicyclic) bond motifs is 1. The average molecular weight is 334 g/mol. The normalized spacial score (nSPS) is 11.8. The van der Waals surface area contributed by atoms with Gasteiger partial charge in [-0.05, 0) is 12.1 Å². The van der Waals surface area contributed by atoms with Gasteiger partial charge in [-0.3, -0.25) is 0 Å². The van der Waals surface area contributed by atoms with Crippen LogP contribution in [0.2, 0.25) is 0 Å². The number of anilines is 1. The van der Waals surface area contributed by atoms with Gasteiger partial charge in [0.15, 0.2) is 0 Å². The molecule has 0 saturated heterocycles. The quantitative estimate of drug-likeness (QED) is 0.803. The highest BCUT2D eigenvalue weighted by molar-refractivity contribution is 9.09. The third-order valence-corrected chi connectivity index (χ3v) is 2.90. The van der Waals surface area contributed by atoms with Crippen molar-refractivity contribution in [2.75, 3.05) is 23.3 Å². The molecule has 0 aliphatic rings. The molecule has 0 radical (unpaired) electrons. The Hall–Kier alpha value is -1.37. The Balaban J connectivity index is 2.44. The monoisotopic (exact) mass is 333 g/mol. The molecule has 1 aromatic heterocycles. The summed E-state index contributed by atoms with van der Waals surface area (Å²) in [5.41, 5.74) is 0.634. The number of hydrogen-bond donors (Lipinski definition) is 0. The van der Waals surface area contributed by atoms with Gasteiger partial charge < -0.3 is 4.90 Å². The van der Waals surface area contributed by atoms with E-state index in [0.717, 1.165) is 0 Å². The zero-order valence-electron chi connectivity index (χ0n) is 9.86. The molecular weight excluding hydrogens is 323 g/mol. The molecule has 1 heterocycles. The maximum absolute atomic E-state index is 12.6. The smallest absolute Gasteiger partial charge is 0.346 e. The minimum atomic E-state index is -4.27. The largest absolute Gasteiger partial charge is 0.405 e. The number of rotatable bonds is 4. The predicted molar refractivity (Wildman–Crippen MR) is 71.6 cm³/mol. The zero-order valence-corrected chi connectivity index (χ0v) is 11.4. The third kappa shape index (κ3) is 3.56. The van der Waals surface area contributed by atoms with E-state index in [9.17, 15) is 13.2 Å². The molecule has 0 spiro atoms. The van der Waals surface area contributed by atoms with E-state index in [1.807, 2.05) is 0 Å². The van der Waals surface area contributed by atoms with E-state index in [0.29, 0.717) is 22.1 Å². The summed E-state index contributed by atoms with van der Waals surface area (Å²) in [7, 11) is 0. The van der Waals surface area contributed by atoms with Crippen LogP contribution in [0.15, 0.2) is 30.6 Å². The fourth-order valence-electron chi connectivity index (χ4n) is 1.82. The molecular formula is C12H11BrF3N3. The van der Waals surface area contributed by atoms with Crippen LogP contribution in [0.25, 0.3) is 10.9 Å². The number of alkyl halides is 4. The van der Waals surface area contributed by atoms with Crippen LogP contribution in [0.4, 0.5) is 19.0 Å². The van der Waals surface area contributed by atoms with Crippen molar-refractivity contribution in [3.8, 4) is 0 Å². The minimum absolute atomic E-state index is 0.223. The highest BCUT2D eigenvalue weighted by Gasteiger charge is 2.31. The lowest BCUT2D eigenvalue weighted by molar-refractivity contribution is -0.119. The van der Waals surface area contributed by atoms with Crippen LogP contribution >= 0.6 is 15.9 Å². The molecule has 3 nitrogen and oxygen atoms in total. The Kier molecular flexibility index (Phi) is 4.24. The minimum Gasteiger partial charge on any atom is -0.346 e. The summed E-state index contributed by atoms with van der Waals surface area (Å²) in [6, 6.07) is 7.02. The molecule has 0 saturated carbocycles. The van der Waals surface area contributed by atoms with Crippen molar-refractivity contribution >= 4 is 32.7 Å². The van der Waals surface area contributed by atoms with Gasteiger partial charge in [0.2, 0.25) is 0 Å². The van der Waals surface area contributed by atoms with Crippen LogP contribution in [-0.4, -0.2) is 34.6 Å². The Morgan fingerprint density at radius 3 is 2.58 bits per heavy atom. The van der Waals surface area contributed by atoms with Crippen LogP contribution in [-0.2, 0) is 0 Å². The predicted octanol–water partition coefficient (Wildman–Crippen LogP) is 3.39. The number of benzene rings is 1. The molecule has 0 fully saturated rings. The van der Waals surface area contributed by atoms with Crippen molar-refractivity contribution in [3.05, 3.63) is 30.6 Å². The summed E-state index contributed by atoms with van der Waals surface area (Å²) in [6.07, 6.45) is -2.98. The Morgan fingerprint density at radius 2 is 1.89 bits per heavy atom. The summed E-state index contributed by atoms with van der Waals surface area (Å²) in [5.74, 6) is 0.308. The maximum atomic E-state index is 12.6. The number of para-hydroxylation sites is 1. The van der Waals surface area contributed by atoms with Crippen LogP contribution in [0.3, 0.4) is 0 Å². The SMILES string of the molecule is FC(F)(F)CN(CCBr)c1ncnc2ccccc12. The molecule has 0 aliphatic heterocycles. The fourth-order valence-corrected chi connectivity index (χ4v) is 2.25. The third-order valence-electron chi connectivity index (χ3n) is 2.55. The average Bonchev–Trinajstić information content (AvgIpc) is 2.36. The highest BCUT2D eigenvalue weighted by Crippen LogP contribution is 2.26. The second-order valence-corrected chi connectivity index (χ2v) is 4.73. The van der Waals surface area contributed by atoms with Gasteiger partial charge in [-0.15, -0.1) is 0 Å². The van der Waals surface area contributed by atoms with E-state index in [2.05, 4.69) is 25.9 Å². The number of aromatic nitrogens is 2. The number of hydrogen-bond acceptors (Lipinski definition) is 3. The Bertz CT molecular complexity index is 554. The molecule has 0 unspecified atom stereocenters. The lowest BCUT2D eigenvalue weighted by atomic mass is 10.2. The molecule has 102 valence electrons. The number of nitrogens with zero attached hydrogens (tertiary/aromatic N) is 3. The van der Waals surface area contributed by atoms with Crippen LogP contribution in [0.1, 0.15) is 0 Å². The standard InChI is InChI=1S/C12H11BrF3N3/c13-5-6-19(7-12(14,15)16)11-9-3-1-2-4-10(9)17-8-18-11/h1-4,8H,5-7H2. The molecule has 2 rings (SSSR count). The molecule has 2 aromatic rings. The summed E-state index contributed by atoms with van der Waals surface area (Å²) >= 11 is 3.17. The van der Waals surface area contributed by atoms with Crippen molar-refractivity contribution in [2.24, 2.45) is 0 Å². The van der Waals surface area contributed by atoms with Gasteiger partial charge in [0.25, 0.3) is 0 Å². The zero-order chi connectivity index (χ0) is 13.9. The molecule has 0 atom stereocenters. The van der Waals surface area contributed by atoms with Crippen molar-refractivity contribution in [2.45, 2.75) is 6.18 Å². The molecule has 19 heavy (non-hydrogen) atoms. The van der Waals surface area contributed by atoms with Gasteiger partial charge in [0.1, 0.15) is 18.7 Å². The molecule has 0 bridgehead atoms.